The van der Waals surface area contributed by atoms with E-state index in [0.29, 0.717) is 12.8 Å². The highest BCUT2D eigenvalue weighted by molar-refractivity contribution is 7.89. The summed E-state index contributed by atoms with van der Waals surface area (Å²) < 4.78 is 26.7. The van der Waals surface area contributed by atoms with Crippen LogP contribution >= 0.6 is 0 Å². The van der Waals surface area contributed by atoms with Gasteiger partial charge in [0.05, 0.1) is 9.82 Å². The Bertz CT molecular complexity index is 642. The van der Waals surface area contributed by atoms with Gasteiger partial charge in [0.1, 0.15) is 0 Å². The van der Waals surface area contributed by atoms with Gasteiger partial charge < -0.3 is 10.2 Å². The van der Waals surface area contributed by atoms with Crippen LogP contribution in [-0.4, -0.2) is 36.7 Å². The summed E-state index contributed by atoms with van der Waals surface area (Å²) in [6, 6.07) is 2.90. The van der Waals surface area contributed by atoms with Crippen molar-refractivity contribution in [2.24, 2.45) is 5.41 Å². The molecule has 0 radical (unpaired) electrons. The molecule has 0 saturated carbocycles. The molecule has 1 rings (SSSR count). The molecule has 0 bridgehead atoms. The van der Waals surface area contributed by atoms with E-state index < -0.39 is 26.4 Å². The summed E-state index contributed by atoms with van der Waals surface area (Å²) in [7, 11) is -3.92. The quantitative estimate of drug-likeness (QED) is 0.487. The molecule has 0 atom stereocenters. The zero-order chi connectivity index (χ0) is 17.0. The molecule has 0 unspecified atom stereocenters. The highest BCUT2D eigenvalue weighted by atomic mass is 32.2. The number of phenolic OH excluding ortho intramolecular Hbond substituents is 1. The zero-order valence-corrected chi connectivity index (χ0v) is 13.3. The summed E-state index contributed by atoms with van der Waals surface area (Å²) in [5, 5.41) is 28.9. The average Bonchev–Trinajstić information content (AvgIpc) is 2.43. The third-order valence-corrected chi connectivity index (χ3v) is 4.61. The number of nitro benzene ring substituents is 1. The van der Waals surface area contributed by atoms with Crippen molar-refractivity contribution in [3.05, 3.63) is 28.3 Å². The van der Waals surface area contributed by atoms with Crippen LogP contribution in [0.1, 0.15) is 26.7 Å². The fourth-order valence-corrected chi connectivity index (χ4v) is 3.10. The first-order valence-corrected chi connectivity index (χ1v) is 8.15. The van der Waals surface area contributed by atoms with Gasteiger partial charge in [-0.15, -0.1) is 0 Å². The molecule has 0 aromatic heterocycles. The predicted molar refractivity (Wildman–Crippen MR) is 80.1 cm³/mol. The number of sulfonamides is 1. The topological polar surface area (TPSA) is 130 Å². The van der Waals surface area contributed by atoms with Crippen LogP contribution in [0, 0.1) is 15.5 Å². The van der Waals surface area contributed by atoms with Crippen molar-refractivity contribution in [3.8, 4) is 5.75 Å². The Kier molecular flexibility index (Phi) is 5.86. The molecule has 9 heteroatoms. The fourth-order valence-electron chi connectivity index (χ4n) is 1.84. The number of hydrogen-bond acceptors (Lipinski definition) is 6. The van der Waals surface area contributed by atoms with Crippen LogP contribution in [0.4, 0.5) is 5.69 Å². The lowest BCUT2D eigenvalue weighted by Gasteiger charge is -2.24. The van der Waals surface area contributed by atoms with Crippen molar-refractivity contribution in [1.29, 1.82) is 0 Å². The first-order valence-electron chi connectivity index (χ1n) is 6.67. The van der Waals surface area contributed by atoms with E-state index in [0.717, 1.165) is 18.2 Å². The molecular formula is C13H20N2O6S. The fraction of sp³-hybridized carbons (Fsp3) is 0.538. The Balaban J connectivity index is 2.91. The lowest BCUT2D eigenvalue weighted by Crippen LogP contribution is -2.34. The van der Waals surface area contributed by atoms with Gasteiger partial charge in [-0.25, -0.2) is 13.1 Å². The van der Waals surface area contributed by atoms with Gasteiger partial charge in [0.25, 0.3) is 0 Å². The number of aliphatic hydroxyl groups excluding tert-OH is 1. The van der Waals surface area contributed by atoms with E-state index in [-0.39, 0.29) is 23.5 Å². The maximum Gasteiger partial charge on any atom is 0.312 e. The molecule has 0 aliphatic carbocycles. The molecule has 0 aliphatic rings. The minimum Gasteiger partial charge on any atom is -0.502 e. The monoisotopic (exact) mass is 332 g/mol. The van der Waals surface area contributed by atoms with Crippen LogP contribution in [0.15, 0.2) is 23.1 Å². The number of rotatable bonds is 8. The largest absolute Gasteiger partial charge is 0.502 e. The Morgan fingerprint density at radius 3 is 2.55 bits per heavy atom. The zero-order valence-electron chi connectivity index (χ0n) is 12.4. The minimum absolute atomic E-state index is 0.0281. The number of nitrogens with one attached hydrogen (secondary N) is 1. The maximum absolute atomic E-state index is 12.2. The van der Waals surface area contributed by atoms with Crippen LogP contribution in [-0.2, 0) is 10.0 Å². The van der Waals surface area contributed by atoms with Crippen LogP contribution in [0.3, 0.4) is 0 Å². The highest BCUT2D eigenvalue weighted by Crippen LogP contribution is 2.28. The van der Waals surface area contributed by atoms with Crippen molar-refractivity contribution in [2.75, 3.05) is 13.2 Å². The van der Waals surface area contributed by atoms with E-state index in [2.05, 4.69) is 4.72 Å². The van der Waals surface area contributed by atoms with Crippen molar-refractivity contribution >= 4 is 15.7 Å². The van der Waals surface area contributed by atoms with E-state index in [9.17, 15) is 23.6 Å². The molecule has 0 heterocycles. The number of nitrogens with zero attached hydrogens (tertiary/aromatic N) is 1. The molecule has 1 aromatic rings. The normalized spacial score (nSPS) is 12.3. The summed E-state index contributed by atoms with van der Waals surface area (Å²) in [5.74, 6) is -0.591. The van der Waals surface area contributed by atoms with Gasteiger partial charge in [-0.3, -0.25) is 10.1 Å². The molecule has 0 amide bonds. The second kappa shape index (κ2) is 7.03. The van der Waals surface area contributed by atoms with Gasteiger partial charge in [0.2, 0.25) is 10.0 Å². The van der Waals surface area contributed by atoms with Crippen molar-refractivity contribution < 1.29 is 23.6 Å². The van der Waals surface area contributed by atoms with Crippen molar-refractivity contribution in [3.63, 3.8) is 0 Å². The number of hydrogen-bond donors (Lipinski definition) is 3. The molecule has 0 aliphatic heterocycles. The molecule has 0 fully saturated rings. The highest BCUT2D eigenvalue weighted by Gasteiger charge is 2.24. The van der Waals surface area contributed by atoms with Crippen LogP contribution < -0.4 is 4.72 Å². The van der Waals surface area contributed by atoms with E-state index in [1.807, 2.05) is 13.8 Å². The molecule has 0 spiro atoms. The third-order valence-electron chi connectivity index (χ3n) is 3.21. The summed E-state index contributed by atoms with van der Waals surface area (Å²) in [6.07, 6.45) is 1.18. The summed E-state index contributed by atoms with van der Waals surface area (Å²) in [5.41, 5.74) is -1.03. The second-order valence-electron chi connectivity index (χ2n) is 5.72. The average molecular weight is 332 g/mol. The molecule has 3 N–H and O–H groups in total. The van der Waals surface area contributed by atoms with Gasteiger partial charge in [0.15, 0.2) is 5.75 Å². The van der Waals surface area contributed by atoms with Crippen molar-refractivity contribution in [1.82, 2.24) is 4.72 Å². The van der Waals surface area contributed by atoms with Crippen molar-refractivity contribution in [2.45, 2.75) is 31.6 Å². The smallest absolute Gasteiger partial charge is 0.312 e. The molecule has 1 aromatic carbocycles. The lowest BCUT2D eigenvalue weighted by atomic mass is 9.88. The standard InChI is InChI=1S/C13H20N2O6S/c1-13(2,6-3-7-16)9-14-22(20,21)10-4-5-12(17)11(8-10)15(18)19/h4-5,8,14,16-17H,3,6-7,9H2,1-2H3. The summed E-state index contributed by atoms with van der Waals surface area (Å²) >= 11 is 0. The number of phenols is 1. The van der Waals surface area contributed by atoms with Gasteiger partial charge in [-0.1, -0.05) is 13.8 Å². The first kappa shape index (κ1) is 18.3. The number of aromatic hydroxyl groups is 1. The Morgan fingerprint density at radius 1 is 1.36 bits per heavy atom. The van der Waals surface area contributed by atoms with Crippen LogP contribution in [0.5, 0.6) is 5.75 Å². The van der Waals surface area contributed by atoms with Gasteiger partial charge in [0, 0.05) is 19.2 Å². The molecule has 22 heavy (non-hydrogen) atoms. The van der Waals surface area contributed by atoms with E-state index in [1.54, 1.807) is 0 Å². The number of benzene rings is 1. The molecule has 0 saturated heterocycles. The maximum atomic E-state index is 12.2. The first-order chi connectivity index (χ1) is 10.1. The Labute approximate surface area is 129 Å². The Morgan fingerprint density at radius 2 is 2.00 bits per heavy atom. The van der Waals surface area contributed by atoms with E-state index in [4.69, 9.17) is 5.11 Å². The molecular weight excluding hydrogens is 312 g/mol. The van der Waals surface area contributed by atoms with E-state index >= 15 is 0 Å². The van der Waals surface area contributed by atoms with Gasteiger partial charge >= 0.3 is 5.69 Å². The lowest BCUT2D eigenvalue weighted by molar-refractivity contribution is -0.386. The summed E-state index contributed by atoms with van der Waals surface area (Å²) in [6.45, 7) is 3.86. The minimum atomic E-state index is -3.92. The van der Waals surface area contributed by atoms with E-state index in [1.165, 1.54) is 0 Å². The van der Waals surface area contributed by atoms with Gasteiger partial charge in [-0.2, -0.15) is 0 Å². The SMILES string of the molecule is CC(C)(CCCO)CNS(=O)(=O)c1ccc(O)c([N+](=O)[O-])c1. The summed E-state index contributed by atoms with van der Waals surface area (Å²) in [4.78, 5) is 9.61. The molecule has 8 nitrogen and oxygen atoms in total. The number of nitro groups is 1. The third kappa shape index (κ3) is 4.93. The van der Waals surface area contributed by atoms with Crippen LogP contribution in [0.25, 0.3) is 0 Å². The van der Waals surface area contributed by atoms with Crippen LogP contribution in [0.2, 0.25) is 0 Å². The van der Waals surface area contributed by atoms with Gasteiger partial charge in [-0.05, 0) is 30.4 Å². The Hall–Kier alpha value is -1.71. The second-order valence-corrected chi connectivity index (χ2v) is 7.49. The predicted octanol–water partition coefficient (Wildman–Crippen LogP) is 1.38. The number of aliphatic hydroxyl groups is 1. The molecule has 124 valence electrons.